The third-order valence-corrected chi connectivity index (χ3v) is 4.07. The molecule has 0 amide bonds. The fourth-order valence-electron chi connectivity index (χ4n) is 3.00. The molecule has 1 aliphatic rings. The van der Waals surface area contributed by atoms with E-state index in [0.29, 0.717) is 17.8 Å². The standard InChI is InChI=1S/C14H17N3O3/c1-17(8-2-3-9(18)6-8)12-10-4-5-15-13(10)16-7-11(12)14(19)20/h4-5,7-9,18H,2-3,6H2,1H3,(H,15,16)(H,19,20). The van der Waals surface area contributed by atoms with Gasteiger partial charge < -0.3 is 20.1 Å². The van der Waals surface area contributed by atoms with Crippen LogP contribution in [0, 0.1) is 0 Å². The largest absolute Gasteiger partial charge is 0.478 e. The highest BCUT2D eigenvalue weighted by molar-refractivity contribution is 6.03. The second-order valence-electron chi connectivity index (χ2n) is 5.30. The lowest BCUT2D eigenvalue weighted by atomic mass is 10.1. The molecule has 0 spiro atoms. The number of rotatable bonds is 3. The Bertz CT molecular complexity index is 652. The first-order chi connectivity index (χ1) is 9.58. The Labute approximate surface area is 116 Å². The molecule has 2 heterocycles. The second kappa shape index (κ2) is 4.79. The Balaban J connectivity index is 2.10. The summed E-state index contributed by atoms with van der Waals surface area (Å²) in [6.45, 7) is 0. The number of aliphatic hydroxyl groups excluding tert-OH is 1. The molecule has 0 saturated heterocycles. The summed E-state index contributed by atoms with van der Waals surface area (Å²) >= 11 is 0. The molecule has 20 heavy (non-hydrogen) atoms. The number of hydrogen-bond donors (Lipinski definition) is 3. The van der Waals surface area contributed by atoms with Crippen LogP contribution in [0.15, 0.2) is 18.5 Å². The van der Waals surface area contributed by atoms with E-state index in [0.717, 1.165) is 18.2 Å². The number of nitrogens with zero attached hydrogens (tertiary/aromatic N) is 2. The Kier molecular flexibility index (Phi) is 3.10. The zero-order valence-corrected chi connectivity index (χ0v) is 11.2. The van der Waals surface area contributed by atoms with Gasteiger partial charge in [0.15, 0.2) is 0 Å². The number of carboxylic acid groups (broad SMARTS) is 1. The van der Waals surface area contributed by atoms with E-state index < -0.39 is 5.97 Å². The summed E-state index contributed by atoms with van der Waals surface area (Å²) < 4.78 is 0. The van der Waals surface area contributed by atoms with E-state index in [1.807, 2.05) is 18.0 Å². The number of carbonyl (C=O) groups is 1. The minimum absolute atomic E-state index is 0.156. The van der Waals surface area contributed by atoms with Gasteiger partial charge in [0.05, 0.1) is 11.8 Å². The third kappa shape index (κ3) is 2.02. The lowest BCUT2D eigenvalue weighted by Crippen LogP contribution is -2.31. The Morgan fingerprint density at radius 2 is 2.30 bits per heavy atom. The lowest BCUT2D eigenvalue weighted by molar-refractivity contribution is 0.0697. The molecule has 0 bridgehead atoms. The number of H-pyrrole nitrogens is 1. The molecule has 2 unspecified atom stereocenters. The molecule has 2 aromatic heterocycles. The van der Waals surface area contributed by atoms with E-state index in [-0.39, 0.29) is 17.7 Å². The number of pyridine rings is 1. The molecule has 0 aromatic carbocycles. The van der Waals surface area contributed by atoms with Gasteiger partial charge in [-0.05, 0) is 25.3 Å². The first-order valence-corrected chi connectivity index (χ1v) is 6.68. The van der Waals surface area contributed by atoms with Crippen LogP contribution in [0.5, 0.6) is 0 Å². The number of aromatic nitrogens is 2. The molecule has 2 atom stereocenters. The molecule has 6 nitrogen and oxygen atoms in total. The number of anilines is 1. The molecule has 1 fully saturated rings. The first-order valence-electron chi connectivity index (χ1n) is 6.68. The van der Waals surface area contributed by atoms with Gasteiger partial charge in [0.2, 0.25) is 0 Å². The van der Waals surface area contributed by atoms with Gasteiger partial charge in [-0.3, -0.25) is 0 Å². The van der Waals surface area contributed by atoms with Crippen molar-refractivity contribution >= 4 is 22.7 Å². The topological polar surface area (TPSA) is 89.5 Å². The van der Waals surface area contributed by atoms with Gasteiger partial charge >= 0.3 is 5.97 Å². The van der Waals surface area contributed by atoms with Crippen molar-refractivity contribution in [1.29, 1.82) is 0 Å². The summed E-state index contributed by atoms with van der Waals surface area (Å²) in [6.07, 6.45) is 5.15. The normalized spacial score (nSPS) is 22.3. The van der Waals surface area contributed by atoms with Crippen molar-refractivity contribution in [2.24, 2.45) is 0 Å². The minimum Gasteiger partial charge on any atom is -0.478 e. The zero-order valence-electron chi connectivity index (χ0n) is 11.2. The summed E-state index contributed by atoms with van der Waals surface area (Å²) in [6, 6.07) is 2.00. The monoisotopic (exact) mass is 275 g/mol. The molecule has 1 saturated carbocycles. The highest BCUT2D eigenvalue weighted by Crippen LogP contribution is 2.34. The average Bonchev–Trinajstić information content (AvgIpc) is 3.04. The van der Waals surface area contributed by atoms with E-state index in [1.54, 1.807) is 6.20 Å². The van der Waals surface area contributed by atoms with E-state index >= 15 is 0 Å². The van der Waals surface area contributed by atoms with Crippen molar-refractivity contribution in [3.8, 4) is 0 Å². The smallest absolute Gasteiger partial charge is 0.339 e. The van der Waals surface area contributed by atoms with Gasteiger partial charge in [-0.2, -0.15) is 0 Å². The van der Waals surface area contributed by atoms with Gasteiger partial charge in [-0.15, -0.1) is 0 Å². The van der Waals surface area contributed by atoms with Crippen molar-refractivity contribution in [3.05, 3.63) is 24.0 Å². The molecule has 3 rings (SSSR count). The maximum atomic E-state index is 11.4. The summed E-state index contributed by atoms with van der Waals surface area (Å²) in [5, 5.41) is 19.9. The molecular formula is C14H17N3O3. The Morgan fingerprint density at radius 3 is 2.95 bits per heavy atom. The predicted molar refractivity (Wildman–Crippen MR) is 75.1 cm³/mol. The van der Waals surface area contributed by atoms with Crippen LogP contribution < -0.4 is 4.90 Å². The van der Waals surface area contributed by atoms with Crippen LogP contribution in [0.25, 0.3) is 11.0 Å². The Morgan fingerprint density at radius 1 is 1.50 bits per heavy atom. The SMILES string of the molecule is CN(c1c(C(=O)O)cnc2[nH]ccc12)C1CCC(O)C1. The van der Waals surface area contributed by atoms with Gasteiger partial charge in [-0.1, -0.05) is 0 Å². The molecule has 2 aromatic rings. The summed E-state index contributed by atoms with van der Waals surface area (Å²) in [4.78, 5) is 20.5. The van der Waals surface area contributed by atoms with Crippen LogP contribution in [0.4, 0.5) is 5.69 Å². The third-order valence-electron chi connectivity index (χ3n) is 4.07. The molecular weight excluding hydrogens is 258 g/mol. The average molecular weight is 275 g/mol. The van der Waals surface area contributed by atoms with Crippen LogP contribution in [0.3, 0.4) is 0 Å². The number of aliphatic hydroxyl groups is 1. The number of nitrogens with one attached hydrogen (secondary N) is 1. The van der Waals surface area contributed by atoms with Gasteiger partial charge in [-0.25, -0.2) is 9.78 Å². The first kappa shape index (κ1) is 12.9. The lowest BCUT2D eigenvalue weighted by Gasteiger charge is -2.28. The number of hydrogen-bond acceptors (Lipinski definition) is 4. The molecule has 0 aliphatic heterocycles. The van der Waals surface area contributed by atoms with Crippen molar-refractivity contribution in [3.63, 3.8) is 0 Å². The summed E-state index contributed by atoms with van der Waals surface area (Å²) in [5.41, 5.74) is 1.54. The second-order valence-corrected chi connectivity index (χ2v) is 5.30. The van der Waals surface area contributed by atoms with Crippen molar-refractivity contribution in [2.45, 2.75) is 31.4 Å². The van der Waals surface area contributed by atoms with Crippen LogP contribution in [-0.4, -0.2) is 45.3 Å². The fourth-order valence-corrected chi connectivity index (χ4v) is 3.00. The number of carboxylic acids is 1. The molecule has 3 N–H and O–H groups in total. The van der Waals surface area contributed by atoms with Gasteiger partial charge in [0.1, 0.15) is 11.2 Å². The van der Waals surface area contributed by atoms with E-state index in [9.17, 15) is 15.0 Å². The molecule has 6 heteroatoms. The van der Waals surface area contributed by atoms with Crippen molar-refractivity contribution < 1.29 is 15.0 Å². The maximum Gasteiger partial charge on any atom is 0.339 e. The van der Waals surface area contributed by atoms with Crippen LogP contribution in [0.2, 0.25) is 0 Å². The summed E-state index contributed by atoms with van der Waals surface area (Å²) in [5.74, 6) is -0.985. The van der Waals surface area contributed by atoms with Crippen molar-refractivity contribution in [1.82, 2.24) is 9.97 Å². The quantitative estimate of drug-likeness (QED) is 0.792. The zero-order chi connectivity index (χ0) is 14.3. The fraction of sp³-hybridized carbons (Fsp3) is 0.429. The van der Waals surface area contributed by atoms with E-state index in [1.165, 1.54) is 6.20 Å². The van der Waals surface area contributed by atoms with Crippen molar-refractivity contribution in [2.75, 3.05) is 11.9 Å². The maximum absolute atomic E-state index is 11.4. The molecule has 1 aliphatic carbocycles. The summed E-state index contributed by atoms with van der Waals surface area (Å²) in [7, 11) is 1.89. The predicted octanol–water partition coefficient (Wildman–Crippen LogP) is 1.61. The van der Waals surface area contributed by atoms with E-state index in [2.05, 4.69) is 9.97 Å². The van der Waals surface area contributed by atoms with Crippen LogP contribution in [0.1, 0.15) is 29.6 Å². The number of aromatic carboxylic acids is 1. The molecule has 0 radical (unpaired) electrons. The highest BCUT2D eigenvalue weighted by Gasteiger charge is 2.29. The van der Waals surface area contributed by atoms with Gasteiger partial charge in [0.25, 0.3) is 0 Å². The van der Waals surface area contributed by atoms with Crippen LogP contribution >= 0.6 is 0 Å². The number of fused-ring (bicyclic) bond motifs is 1. The number of aromatic amines is 1. The van der Waals surface area contributed by atoms with E-state index in [4.69, 9.17) is 0 Å². The van der Waals surface area contributed by atoms with Crippen LogP contribution in [-0.2, 0) is 0 Å². The van der Waals surface area contributed by atoms with Gasteiger partial charge in [0, 0.05) is 30.9 Å². The minimum atomic E-state index is -0.985. The highest BCUT2D eigenvalue weighted by atomic mass is 16.4. The molecule has 106 valence electrons. The Hall–Kier alpha value is -2.08.